The fourth-order valence-electron chi connectivity index (χ4n) is 4.22. The fraction of sp³-hybridized carbons (Fsp3) is 0.480. The van der Waals surface area contributed by atoms with Crippen molar-refractivity contribution in [2.75, 3.05) is 30.3 Å². The van der Waals surface area contributed by atoms with Crippen LogP contribution in [0.15, 0.2) is 48.5 Å². The first-order valence-corrected chi connectivity index (χ1v) is 13.4. The maximum Gasteiger partial charge on any atom is 0.243 e. The summed E-state index contributed by atoms with van der Waals surface area (Å²) in [5.74, 6) is 0.298. The summed E-state index contributed by atoms with van der Waals surface area (Å²) in [5, 5.41) is 2.90. The number of carbonyl (C=O) groups is 1. The highest BCUT2D eigenvalue weighted by atomic mass is 32.2. The van der Waals surface area contributed by atoms with E-state index in [-0.39, 0.29) is 5.91 Å². The number of carbonyl (C=O) groups excluding carboxylic acids is 1. The zero-order valence-corrected chi connectivity index (χ0v) is 20.6. The number of nitrogens with one attached hydrogen (secondary N) is 1. The third kappa shape index (κ3) is 7.20. The lowest BCUT2D eigenvalue weighted by Crippen LogP contribution is -2.47. The molecule has 1 atom stereocenters. The molecule has 3 rings (SSSR count). The van der Waals surface area contributed by atoms with E-state index >= 15 is 0 Å². The minimum atomic E-state index is -3.67. The van der Waals surface area contributed by atoms with Crippen molar-refractivity contribution in [3.05, 3.63) is 59.7 Å². The maximum absolute atomic E-state index is 12.9. The van der Waals surface area contributed by atoms with E-state index < -0.39 is 16.1 Å². The quantitative estimate of drug-likeness (QED) is 0.571. The molecule has 8 heteroatoms. The molecule has 0 aromatic heterocycles. The van der Waals surface area contributed by atoms with Gasteiger partial charge in [-0.15, -0.1) is 0 Å². The van der Waals surface area contributed by atoms with E-state index in [9.17, 15) is 13.2 Å². The Morgan fingerprint density at radius 1 is 1.09 bits per heavy atom. The van der Waals surface area contributed by atoms with E-state index in [0.29, 0.717) is 24.6 Å². The number of sulfonamides is 1. The molecular formula is C25H35N3O4S. The van der Waals surface area contributed by atoms with Gasteiger partial charge in [0.15, 0.2) is 0 Å². The topological polar surface area (TPSA) is 79.0 Å². The first-order chi connectivity index (χ1) is 15.8. The number of hydrogen-bond donors (Lipinski definition) is 1. The van der Waals surface area contributed by atoms with Crippen LogP contribution in [0.25, 0.3) is 0 Å². The average molecular weight is 474 g/mol. The van der Waals surface area contributed by atoms with Crippen LogP contribution in [0.5, 0.6) is 5.75 Å². The Bertz CT molecular complexity index is 1020. The van der Waals surface area contributed by atoms with Gasteiger partial charge in [0.25, 0.3) is 0 Å². The molecule has 1 saturated heterocycles. The highest BCUT2D eigenvalue weighted by molar-refractivity contribution is 7.92. The van der Waals surface area contributed by atoms with E-state index in [4.69, 9.17) is 4.74 Å². The molecule has 0 bridgehead atoms. The summed E-state index contributed by atoms with van der Waals surface area (Å²) in [4.78, 5) is 15.4. The molecule has 1 N–H and O–H groups in total. The average Bonchev–Trinajstić information content (AvgIpc) is 2.79. The van der Waals surface area contributed by atoms with E-state index in [2.05, 4.69) is 22.3 Å². The molecule has 1 aliphatic rings. The van der Waals surface area contributed by atoms with Crippen LogP contribution in [-0.2, 0) is 27.9 Å². The third-order valence-corrected chi connectivity index (χ3v) is 7.05. The van der Waals surface area contributed by atoms with Gasteiger partial charge in [-0.25, -0.2) is 8.42 Å². The predicted octanol–water partition coefficient (Wildman–Crippen LogP) is 3.54. The summed E-state index contributed by atoms with van der Waals surface area (Å²) in [6.07, 6.45) is 4.91. The monoisotopic (exact) mass is 473 g/mol. The van der Waals surface area contributed by atoms with E-state index in [1.54, 1.807) is 31.2 Å². The van der Waals surface area contributed by atoms with Crippen LogP contribution in [0.4, 0.5) is 5.69 Å². The number of hydrogen-bond acceptors (Lipinski definition) is 5. The summed E-state index contributed by atoms with van der Waals surface area (Å²) in [6, 6.07) is 14.0. The summed E-state index contributed by atoms with van der Waals surface area (Å²) in [7, 11) is -3.67. The molecule has 1 fully saturated rings. The zero-order chi connectivity index (χ0) is 23.8. The molecule has 0 saturated carbocycles. The molecule has 0 radical (unpaired) electrons. The third-order valence-electron chi connectivity index (χ3n) is 5.80. The minimum absolute atomic E-state index is 0.345. The van der Waals surface area contributed by atoms with Gasteiger partial charge < -0.3 is 10.1 Å². The van der Waals surface area contributed by atoms with Crippen LogP contribution in [0, 0.1) is 0 Å². The summed E-state index contributed by atoms with van der Waals surface area (Å²) >= 11 is 0. The van der Waals surface area contributed by atoms with Gasteiger partial charge in [-0.2, -0.15) is 0 Å². The Balaban J connectivity index is 1.64. The number of anilines is 1. The number of ether oxygens (including phenoxy) is 1. The molecule has 1 heterocycles. The van der Waals surface area contributed by atoms with Crippen molar-refractivity contribution in [1.82, 2.24) is 10.2 Å². The van der Waals surface area contributed by atoms with Crippen molar-refractivity contribution in [2.45, 2.75) is 52.2 Å². The lowest BCUT2D eigenvalue weighted by Gasteiger charge is -2.28. The summed E-state index contributed by atoms with van der Waals surface area (Å²) in [6.45, 7) is 7.52. The van der Waals surface area contributed by atoms with Gasteiger partial charge in [0.2, 0.25) is 15.9 Å². The molecule has 33 heavy (non-hydrogen) atoms. The van der Waals surface area contributed by atoms with Crippen LogP contribution >= 0.6 is 0 Å². The first kappa shape index (κ1) is 25.1. The molecule has 180 valence electrons. The molecule has 1 amide bonds. The van der Waals surface area contributed by atoms with Crippen molar-refractivity contribution in [2.24, 2.45) is 0 Å². The normalized spacial score (nSPS) is 15.6. The van der Waals surface area contributed by atoms with Gasteiger partial charge in [0, 0.05) is 13.1 Å². The molecule has 2 aromatic rings. The van der Waals surface area contributed by atoms with Gasteiger partial charge in [-0.05, 0) is 75.2 Å². The lowest BCUT2D eigenvalue weighted by molar-refractivity contribution is -0.122. The molecule has 2 aromatic carbocycles. The second-order valence-electron chi connectivity index (χ2n) is 8.54. The molecule has 1 unspecified atom stereocenters. The van der Waals surface area contributed by atoms with Crippen LogP contribution in [0.1, 0.15) is 44.2 Å². The van der Waals surface area contributed by atoms with Crippen molar-refractivity contribution >= 4 is 21.6 Å². The summed E-state index contributed by atoms with van der Waals surface area (Å²) < 4.78 is 31.6. The first-order valence-electron chi connectivity index (χ1n) is 11.6. The molecule has 7 nitrogen and oxygen atoms in total. The van der Waals surface area contributed by atoms with Crippen LogP contribution in [0.3, 0.4) is 0 Å². The summed E-state index contributed by atoms with van der Waals surface area (Å²) in [5.41, 5.74) is 2.65. The number of amides is 1. The highest BCUT2D eigenvalue weighted by Crippen LogP contribution is 2.24. The molecule has 0 aliphatic carbocycles. The van der Waals surface area contributed by atoms with E-state index in [1.165, 1.54) is 24.8 Å². The van der Waals surface area contributed by atoms with Crippen LogP contribution in [0.2, 0.25) is 0 Å². The highest BCUT2D eigenvalue weighted by Gasteiger charge is 2.29. The Morgan fingerprint density at radius 3 is 2.39 bits per heavy atom. The Hall–Kier alpha value is -2.58. The standard InChI is InChI=1S/C25H35N3O4S/c1-4-32-24-13-11-23(12-14-24)28(33(3,30)31)20(2)25(29)26-18-21-9-8-10-22(17-21)19-27-15-6-5-7-16-27/h8-14,17,20H,4-7,15-16,18-19H2,1-3H3,(H,26,29). The van der Waals surface area contributed by atoms with Gasteiger partial charge in [0.1, 0.15) is 11.8 Å². The number of benzene rings is 2. The van der Waals surface area contributed by atoms with Crippen LogP contribution in [-0.4, -0.2) is 51.2 Å². The number of piperidine rings is 1. The van der Waals surface area contributed by atoms with Gasteiger partial charge in [-0.1, -0.05) is 30.7 Å². The van der Waals surface area contributed by atoms with Crippen molar-refractivity contribution < 1.29 is 17.9 Å². The van der Waals surface area contributed by atoms with Gasteiger partial charge >= 0.3 is 0 Å². The number of nitrogens with zero attached hydrogens (tertiary/aromatic N) is 2. The minimum Gasteiger partial charge on any atom is -0.494 e. The van der Waals surface area contributed by atoms with E-state index in [0.717, 1.165) is 35.8 Å². The SMILES string of the molecule is CCOc1ccc(N(C(C)C(=O)NCc2cccc(CN3CCCCC3)c2)S(C)(=O)=O)cc1. The van der Waals surface area contributed by atoms with Crippen molar-refractivity contribution in [1.29, 1.82) is 0 Å². The van der Waals surface area contributed by atoms with Crippen molar-refractivity contribution in [3.8, 4) is 5.75 Å². The molecule has 1 aliphatic heterocycles. The van der Waals surface area contributed by atoms with Crippen molar-refractivity contribution in [3.63, 3.8) is 0 Å². The van der Waals surface area contributed by atoms with Crippen LogP contribution < -0.4 is 14.4 Å². The maximum atomic E-state index is 12.9. The van der Waals surface area contributed by atoms with Gasteiger partial charge in [0.05, 0.1) is 18.6 Å². The Kier molecular flexibility index (Phi) is 8.74. The largest absolute Gasteiger partial charge is 0.494 e. The number of rotatable bonds is 10. The lowest BCUT2D eigenvalue weighted by atomic mass is 10.1. The fourth-order valence-corrected chi connectivity index (χ4v) is 5.39. The number of likely N-dealkylation sites (tertiary alicyclic amines) is 1. The van der Waals surface area contributed by atoms with E-state index in [1.807, 2.05) is 19.1 Å². The van der Waals surface area contributed by atoms with Gasteiger partial charge in [-0.3, -0.25) is 14.0 Å². The molecular weight excluding hydrogens is 438 g/mol. The Morgan fingerprint density at radius 2 is 1.76 bits per heavy atom. The zero-order valence-electron chi connectivity index (χ0n) is 19.8. The Labute approximate surface area is 197 Å². The molecule has 0 spiro atoms. The smallest absolute Gasteiger partial charge is 0.243 e. The second kappa shape index (κ2) is 11.5. The second-order valence-corrected chi connectivity index (χ2v) is 10.4. The predicted molar refractivity (Wildman–Crippen MR) is 132 cm³/mol.